The molecule has 8 atom stereocenters. The number of benzene rings is 2. The summed E-state index contributed by atoms with van der Waals surface area (Å²) in [6.07, 6.45) is 10.0. The minimum Gasteiger partial charge on any atom is -0.490 e. The van der Waals surface area contributed by atoms with Gasteiger partial charge in [0.25, 0.3) is 11.8 Å². The molecule has 3 aromatic rings. The lowest BCUT2D eigenvalue weighted by molar-refractivity contribution is -0.0382. The van der Waals surface area contributed by atoms with Crippen molar-refractivity contribution in [1.29, 1.82) is 0 Å². The summed E-state index contributed by atoms with van der Waals surface area (Å²) in [5.41, 5.74) is 4.34. The van der Waals surface area contributed by atoms with E-state index in [-0.39, 0.29) is 34.8 Å². The standard InChI is InChI=1S/C42H51ClN4O7S/c1-26-6-4-8-38(48)35-12-9-30(35)19-47-24-42(15-5-7-28-16-32(43)11-13-36(28)42)25-54-39-14-10-29(18-37(39)47)40(49)44-55(51,27(26)2)45-41(50)31-17-33-22-53-34(23-52-3)21-46(33)20-31/h4,8,10-11,13-14,16-18,20,26-27,30,34-35,38,48H,5-7,9,12,15,19,21-25H2,1-3H3,(H,44,45,49,50,51)/b8-4-/t26-,27+,30-,34+,35+,38-,42-,55?/m0/s1. The van der Waals surface area contributed by atoms with E-state index in [1.54, 1.807) is 38.4 Å². The van der Waals surface area contributed by atoms with E-state index in [9.17, 15) is 14.7 Å². The fraction of sp³-hybridized carbons (Fsp3) is 0.524. The molecule has 294 valence electrons. The molecule has 2 N–H and O–H groups in total. The number of aliphatic hydroxyl groups excluding tert-OH is 1. The molecular weight excluding hydrogens is 740 g/mol. The van der Waals surface area contributed by atoms with Crippen LogP contribution >= 0.6 is 11.6 Å². The second-order valence-corrected chi connectivity index (χ2v) is 19.0. The molecule has 55 heavy (non-hydrogen) atoms. The fourth-order valence-corrected chi connectivity index (χ4v) is 11.2. The predicted molar refractivity (Wildman–Crippen MR) is 212 cm³/mol. The number of rotatable bonds is 4. The molecule has 2 aliphatic carbocycles. The number of anilines is 1. The van der Waals surface area contributed by atoms with Crippen LogP contribution in [0.2, 0.25) is 5.02 Å². The first-order chi connectivity index (χ1) is 26.4. The number of aryl methyl sites for hydroxylation is 1. The highest BCUT2D eigenvalue weighted by molar-refractivity contribution is 7.93. The maximum atomic E-state index is 15.0. The van der Waals surface area contributed by atoms with Gasteiger partial charge in [-0.15, -0.1) is 4.36 Å². The van der Waals surface area contributed by atoms with Crippen LogP contribution in [0.25, 0.3) is 0 Å². The second-order valence-electron chi connectivity index (χ2n) is 16.3. The van der Waals surface area contributed by atoms with Crippen LogP contribution in [0.15, 0.2) is 65.2 Å². The zero-order valence-corrected chi connectivity index (χ0v) is 33.3. The summed E-state index contributed by atoms with van der Waals surface area (Å²) in [4.78, 5) is 30.4. The largest absolute Gasteiger partial charge is 0.490 e. The van der Waals surface area contributed by atoms with Gasteiger partial charge < -0.3 is 28.8 Å². The Morgan fingerprint density at radius 2 is 2.02 bits per heavy atom. The van der Waals surface area contributed by atoms with E-state index in [4.69, 9.17) is 25.8 Å². The van der Waals surface area contributed by atoms with Gasteiger partial charge in [-0.3, -0.25) is 14.3 Å². The fourth-order valence-electron chi connectivity index (χ4n) is 9.18. The number of hydrogen-bond acceptors (Lipinski definition) is 8. The third kappa shape index (κ3) is 7.48. The summed E-state index contributed by atoms with van der Waals surface area (Å²) < 4.78 is 41.8. The Morgan fingerprint density at radius 3 is 2.82 bits per heavy atom. The molecule has 2 bridgehead atoms. The molecule has 0 saturated heterocycles. The Morgan fingerprint density at radius 1 is 1.16 bits per heavy atom. The number of nitrogens with one attached hydrogen (secondary N) is 1. The molecule has 1 unspecified atom stereocenters. The molecular formula is C42H51ClN4O7S. The number of carbonyl (C=O) groups is 2. The Hall–Kier alpha value is -3.68. The van der Waals surface area contributed by atoms with Gasteiger partial charge in [0.05, 0.1) is 55.1 Å². The normalized spacial score (nSPS) is 32.5. The molecule has 8 rings (SSSR count). The van der Waals surface area contributed by atoms with Crippen LogP contribution in [0.1, 0.15) is 83.5 Å². The summed E-state index contributed by atoms with van der Waals surface area (Å²) in [6.45, 7) is 6.76. The van der Waals surface area contributed by atoms with Gasteiger partial charge in [0.2, 0.25) is 0 Å². The van der Waals surface area contributed by atoms with Crippen LogP contribution in [0.5, 0.6) is 5.75 Å². The molecule has 1 fully saturated rings. The van der Waals surface area contributed by atoms with Crippen molar-refractivity contribution in [3.63, 3.8) is 0 Å². The molecule has 2 aromatic carbocycles. The number of nitrogens with zero attached hydrogens (tertiary/aromatic N) is 3. The number of aromatic nitrogens is 1. The second kappa shape index (κ2) is 15.3. The van der Waals surface area contributed by atoms with Gasteiger partial charge in [0.15, 0.2) is 0 Å². The third-order valence-corrected chi connectivity index (χ3v) is 15.3. The maximum absolute atomic E-state index is 15.0. The lowest BCUT2D eigenvalue weighted by Crippen LogP contribution is -2.49. The van der Waals surface area contributed by atoms with Gasteiger partial charge >= 0.3 is 0 Å². The molecule has 13 heteroatoms. The Bertz CT molecular complexity index is 2130. The molecule has 1 aromatic heterocycles. The predicted octanol–water partition coefficient (Wildman–Crippen LogP) is 6.48. The van der Waals surface area contributed by atoms with E-state index >= 15 is 4.21 Å². The minimum absolute atomic E-state index is 0.0876. The monoisotopic (exact) mass is 790 g/mol. The molecule has 4 heterocycles. The molecule has 0 radical (unpaired) electrons. The van der Waals surface area contributed by atoms with Gasteiger partial charge in [-0.05, 0) is 111 Å². The number of allylic oxidation sites excluding steroid dienone is 1. The van der Waals surface area contributed by atoms with E-state index in [1.807, 2.05) is 35.8 Å². The lowest BCUT2D eigenvalue weighted by Gasteiger charge is -2.45. The number of halogens is 1. The van der Waals surface area contributed by atoms with Crippen LogP contribution in [0.4, 0.5) is 5.69 Å². The Kier molecular flexibility index (Phi) is 10.7. The quantitative estimate of drug-likeness (QED) is 0.287. The highest BCUT2D eigenvalue weighted by Crippen LogP contribution is 2.47. The van der Waals surface area contributed by atoms with Crippen molar-refractivity contribution in [2.75, 3.05) is 38.3 Å². The summed E-state index contributed by atoms with van der Waals surface area (Å²) in [5, 5.41) is 11.5. The number of fused-ring (bicyclic) bond motifs is 5. The number of aliphatic hydroxyl groups is 1. The van der Waals surface area contributed by atoms with E-state index in [1.165, 1.54) is 11.1 Å². The van der Waals surface area contributed by atoms with Crippen molar-refractivity contribution in [3.8, 4) is 5.75 Å². The summed E-state index contributed by atoms with van der Waals surface area (Å²) in [7, 11) is -2.05. The van der Waals surface area contributed by atoms with E-state index < -0.39 is 33.1 Å². The summed E-state index contributed by atoms with van der Waals surface area (Å²) in [6, 6.07) is 13.2. The van der Waals surface area contributed by atoms with Crippen molar-refractivity contribution < 1.29 is 33.1 Å². The molecule has 3 aliphatic heterocycles. The first kappa shape index (κ1) is 38.2. The highest BCUT2D eigenvalue weighted by Gasteiger charge is 2.44. The molecule has 1 saturated carbocycles. The number of amides is 2. The van der Waals surface area contributed by atoms with E-state index in [0.29, 0.717) is 57.2 Å². The van der Waals surface area contributed by atoms with Crippen molar-refractivity contribution >= 4 is 39.0 Å². The topological polar surface area (TPSA) is 132 Å². The molecule has 1 spiro atoms. The van der Waals surface area contributed by atoms with Crippen molar-refractivity contribution in [2.45, 2.75) is 88.4 Å². The third-order valence-electron chi connectivity index (χ3n) is 12.7. The maximum Gasteiger partial charge on any atom is 0.286 e. The van der Waals surface area contributed by atoms with Gasteiger partial charge in [-0.25, -0.2) is 4.21 Å². The first-order valence-electron chi connectivity index (χ1n) is 19.5. The van der Waals surface area contributed by atoms with Gasteiger partial charge in [-0.1, -0.05) is 36.7 Å². The van der Waals surface area contributed by atoms with Crippen molar-refractivity contribution in [3.05, 3.63) is 93.8 Å². The van der Waals surface area contributed by atoms with E-state index in [0.717, 1.165) is 48.5 Å². The minimum atomic E-state index is -3.67. The SMILES string of the molecule is COC[C@H]1Cn2cc(C(=O)NS3(=O)=NC(=O)c4ccc5c(c4)N(C[C@@H]4CC[C@H]4[C@@H](O)/C=C\C[C@H](C)[C@H]3C)C[C@@]3(CCCc4cc(Cl)ccc43)CO5)cc2CO1. The van der Waals surface area contributed by atoms with E-state index in [2.05, 4.69) is 26.1 Å². The zero-order valence-electron chi connectivity index (χ0n) is 31.7. The smallest absolute Gasteiger partial charge is 0.286 e. The van der Waals surface area contributed by atoms with Crippen LogP contribution in [-0.2, 0) is 44.4 Å². The Balaban J connectivity index is 1.17. The van der Waals surface area contributed by atoms with Crippen LogP contribution in [-0.4, -0.2) is 76.6 Å². The zero-order chi connectivity index (χ0) is 38.5. The van der Waals surface area contributed by atoms with Gasteiger partial charge in [-0.2, -0.15) is 0 Å². The number of ether oxygens (including phenoxy) is 3. The first-order valence-corrected chi connectivity index (χ1v) is 21.5. The summed E-state index contributed by atoms with van der Waals surface area (Å²) >= 11 is 6.46. The molecule has 11 nitrogen and oxygen atoms in total. The van der Waals surface area contributed by atoms with Crippen LogP contribution < -0.4 is 14.4 Å². The average molecular weight is 791 g/mol. The highest BCUT2D eigenvalue weighted by atomic mass is 35.5. The number of carbonyl (C=O) groups excluding carboxylic acids is 2. The Labute approximate surface area is 328 Å². The average Bonchev–Trinajstić information content (AvgIpc) is 3.52. The van der Waals surface area contributed by atoms with Crippen molar-refractivity contribution in [1.82, 2.24) is 9.29 Å². The van der Waals surface area contributed by atoms with Crippen LogP contribution in [0.3, 0.4) is 0 Å². The van der Waals surface area contributed by atoms with Crippen molar-refractivity contribution in [2.24, 2.45) is 22.1 Å². The number of methoxy groups -OCH3 is 1. The van der Waals surface area contributed by atoms with Gasteiger partial charge in [0, 0.05) is 48.1 Å². The van der Waals surface area contributed by atoms with Crippen LogP contribution in [0, 0.1) is 17.8 Å². The lowest BCUT2D eigenvalue weighted by atomic mass is 9.68. The summed E-state index contributed by atoms with van der Waals surface area (Å²) in [5.74, 6) is -0.500. The molecule has 5 aliphatic rings. The number of hydrogen-bond donors (Lipinski definition) is 2. The van der Waals surface area contributed by atoms with Gasteiger partial charge in [0.1, 0.15) is 15.7 Å². The molecule has 2 amide bonds.